The Balaban J connectivity index is 0.000000853. The summed E-state index contributed by atoms with van der Waals surface area (Å²) < 4.78 is 0. The van der Waals surface area contributed by atoms with E-state index in [2.05, 4.69) is 16.3 Å². The number of phenolic OH excluding ortho intramolecular Hbond substituents is 1. The number of phenols is 1. The smallest absolute Gasteiger partial charge is 0.116 e. The van der Waals surface area contributed by atoms with Crippen molar-refractivity contribution in [1.82, 2.24) is 10.2 Å². The fourth-order valence-electron chi connectivity index (χ4n) is 2.15. The van der Waals surface area contributed by atoms with E-state index in [1.807, 2.05) is 12.1 Å². The van der Waals surface area contributed by atoms with Crippen molar-refractivity contribution >= 4 is 24.2 Å². The third-order valence-corrected chi connectivity index (χ3v) is 2.85. The van der Waals surface area contributed by atoms with Crippen LogP contribution in [-0.4, -0.2) is 29.8 Å². The van der Waals surface area contributed by atoms with Gasteiger partial charge < -0.3 is 10.0 Å². The molecule has 1 fully saturated rings. The molecule has 0 saturated carbocycles. The standard InChI is InChI=1S/C11H12N2O.ClH/c14-9-1-2-10-8(5-9)3-4-13-7-12-6-11(10)13;/h1-3,5,12,14H,4,6-7H2;1H. The molecule has 4 heteroatoms. The average Bonchev–Trinajstić information content (AvgIpc) is 2.65. The van der Waals surface area contributed by atoms with Gasteiger partial charge in [0.05, 0.1) is 6.67 Å². The second kappa shape index (κ2) is 3.76. The fourth-order valence-corrected chi connectivity index (χ4v) is 2.15. The first-order valence-corrected chi connectivity index (χ1v) is 4.83. The lowest BCUT2D eigenvalue weighted by molar-refractivity contribution is 0.464. The Labute approximate surface area is 94.1 Å². The third kappa shape index (κ3) is 1.58. The molecule has 1 saturated heterocycles. The molecule has 0 spiro atoms. The maximum absolute atomic E-state index is 9.37. The van der Waals surface area contributed by atoms with Crippen molar-refractivity contribution in [3.63, 3.8) is 0 Å². The van der Waals surface area contributed by atoms with Gasteiger partial charge in [-0.05, 0) is 23.4 Å². The molecular weight excluding hydrogens is 212 g/mol. The predicted octanol–water partition coefficient (Wildman–Crippen LogP) is -0.421. The molecular formula is C11H13ClN2O. The fraction of sp³-hybridized carbons (Fsp3) is 0.273. The van der Waals surface area contributed by atoms with Gasteiger partial charge in [-0.1, -0.05) is 6.08 Å². The lowest BCUT2D eigenvalue weighted by Gasteiger charge is -2.20. The third-order valence-electron chi connectivity index (χ3n) is 2.85. The Hall–Kier alpha value is -1.19. The number of halogens is 1. The molecule has 0 bridgehead atoms. The molecule has 1 aromatic rings. The monoisotopic (exact) mass is 224 g/mol. The molecule has 1 aromatic carbocycles. The minimum absolute atomic E-state index is 0. The molecule has 0 unspecified atom stereocenters. The molecule has 0 aliphatic carbocycles. The van der Waals surface area contributed by atoms with E-state index < -0.39 is 0 Å². The Morgan fingerprint density at radius 1 is 1.33 bits per heavy atom. The number of aromatic hydroxyl groups is 1. The van der Waals surface area contributed by atoms with Crippen LogP contribution in [0.15, 0.2) is 18.2 Å². The van der Waals surface area contributed by atoms with E-state index in [-0.39, 0.29) is 12.4 Å². The van der Waals surface area contributed by atoms with E-state index in [1.54, 1.807) is 6.07 Å². The topological polar surface area (TPSA) is 35.5 Å². The second-order valence-electron chi connectivity index (χ2n) is 3.73. The van der Waals surface area contributed by atoms with E-state index in [1.165, 1.54) is 10.9 Å². The number of nitrogens with zero attached hydrogens (tertiary/aromatic N) is 1. The van der Waals surface area contributed by atoms with Gasteiger partial charge in [0.15, 0.2) is 0 Å². The molecule has 15 heavy (non-hydrogen) atoms. The summed E-state index contributed by atoms with van der Waals surface area (Å²) in [6.07, 6.45) is 2.16. The summed E-state index contributed by atoms with van der Waals surface area (Å²) in [5.41, 5.74) is 1.35. The first-order valence-electron chi connectivity index (χ1n) is 4.83. The van der Waals surface area contributed by atoms with Crippen LogP contribution in [0.4, 0.5) is 0 Å². The summed E-state index contributed by atoms with van der Waals surface area (Å²) in [5.74, 6) is 0.347. The highest BCUT2D eigenvalue weighted by Gasteiger charge is 2.18. The van der Waals surface area contributed by atoms with Crippen LogP contribution in [-0.2, 0) is 0 Å². The van der Waals surface area contributed by atoms with Gasteiger partial charge in [-0.25, -0.2) is 0 Å². The zero-order chi connectivity index (χ0) is 9.54. The summed E-state index contributed by atoms with van der Waals surface area (Å²) in [7, 11) is 0. The quantitative estimate of drug-likeness (QED) is 0.629. The van der Waals surface area contributed by atoms with Crippen LogP contribution in [0.2, 0.25) is 0 Å². The number of hydrogen-bond donors (Lipinski definition) is 2. The summed E-state index contributed by atoms with van der Waals surface area (Å²) in [5, 5.41) is 15.1. The van der Waals surface area contributed by atoms with E-state index in [9.17, 15) is 5.11 Å². The highest BCUT2D eigenvalue weighted by molar-refractivity contribution is 5.85. The first-order chi connectivity index (χ1) is 6.84. The van der Waals surface area contributed by atoms with Gasteiger partial charge in [-0.2, -0.15) is 0 Å². The number of hydrogen-bond acceptors (Lipinski definition) is 3. The van der Waals surface area contributed by atoms with Gasteiger partial charge in [-0.15, -0.1) is 12.4 Å². The van der Waals surface area contributed by atoms with E-state index in [0.717, 1.165) is 25.0 Å². The van der Waals surface area contributed by atoms with Gasteiger partial charge in [0.25, 0.3) is 0 Å². The lowest BCUT2D eigenvalue weighted by atomic mass is 10.1. The highest BCUT2D eigenvalue weighted by atomic mass is 35.5. The van der Waals surface area contributed by atoms with Crippen LogP contribution in [0.25, 0.3) is 11.8 Å². The molecule has 0 amide bonds. The SMILES string of the molecule is Cl.Oc1ccc2c(c1)=CCN1CNCC=21. The van der Waals surface area contributed by atoms with Crippen molar-refractivity contribution in [2.24, 2.45) is 0 Å². The van der Waals surface area contributed by atoms with Crippen LogP contribution < -0.4 is 15.8 Å². The van der Waals surface area contributed by atoms with E-state index in [4.69, 9.17) is 0 Å². The van der Waals surface area contributed by atoms with Crippen molar-refractivity contribution in [2.45, 2.75) is 0 Å². The van der Waals surface area contributed by atoms with Crippen molar-refractivity contribution in [3.8, 4) is 5.75 Å². The Morgan fingerprint density at radius 3 is 3.07 bits per heavy atom. The predicted molar refractivity (Wildman–Crippen MR) is 62.1 cm³/mol. The Bertz CT molecular complexity index is 498. The van der Waals surface area contributed by atoms with Crippen LogP contribution in [0.3, 0.4) is 0 Å². The zero-order valence-corrected chi connectivity index (χ0v) is 9.05. The van der Waals surface area contributed by atoms with Crippen molar-refractivity contribution in [3.05, 3.63) is 28.6 Å². The number of rotatable bonds is 0. The Kier molecular flexibility index (Phi) is 2.59. The zero-order valence-electron chi connectivity index (χ0n) is 8.23. The summed E-state index contributed by atoms with van der Waals surface area (Å²) in [4.78, 5) is 2.32. The molecule has 2 heterocycles. The van der Waals surface area contributed by atoms with Gasteiger partial charge in [0.1, 0.15) is 5.75 Å². The molecule has 0 aromatic heterocycles. The highest BCUT2D eigenvalue weighted by Crippen LogP contribution is 2.10. The summed E-state index contributed by atoms with van der Waals surface area (Å²) in [6.45, 7) is 2.82. The van der Waals surface area contributed by atoms with E-state index >= 15 is 0 Å². The second-order valence-corrected chi connectivity index (χ2v) is 3.73. The van der Waals surface area contributed by atoms with E-state index in [0.29, 0.717) is 5.75 Å². The first kappa shape index (κ1) is 10.3. The van der Waals surface area contributed by atoms with Crippen molar-refractivity contribution in [1.29, 1.82) is 0 Å². The maximum Gasteiger partial charge on any atom is 0.116 e. The number of fused-ring (bicyclic) bond motifs is 2. The van der Waals surface area contributed by atoms with Gasteiger partial charge in [0.2, 0.25) is 0 Å². The van der Waals surface area contributed by atoms with Gasteiger partial charge in [-0.3, -0.25) is 5.32 Å². The maximum atomic E-state index is 9.37. The minimum atomic E-state index is 0. The summed E-state index contributed by atoms with van der Waals surface area (Å²) >= 11 is 0. The minimum Gasteiger partial charge on any atom is -0.508 e. The molecule has 0 atom stereocenters. The Morgan fingerprint density at radius 2 is 2.20 bits per heavy atom. The van der Waals surface area contributed by atoms with Crippen molar-refractivity contribution in [2.75, 3.05) is 19.8 Å². The number of nitrogens with one attached hydrogen (secondary N) is 1. The van der Waals surface area contributed by atoms with Crippen LogP contribution in [0.5, 0.6) is 5.75 Å². The van der Waals surface area contributed by atoms with Crippen LogP contribution >= 0.6 is 12.4 Å². The summed E-state index contributed by atoms with van der Waals surface area (Å²) in [6, 6.07) is 5.58. The molecule has 2 N–H and O–H groups in total. The number of benzene rings is 1. The van der Waals surface area contributed by atoms with Crippen molar-refractivity contribution < 1.29 is 5.11 Å². The normalized spacial score (nSPS) is 17.6. The largest absolute Gasteiger partial charge is 0.508 e. The molecule has 0 radical (unpaired) electrons. The lowest BCUT2D eigenvalue weighted by Crippen LogP contribution is -2.37. The molecule has 3 nitrogen and oxygen atoms in total. The van der Waals surface area contributed by atoms with Gasteiger partial charge in [0, 0.05) is 24.0 Å². The molecule has 3 rings (SSSR count). The molecule has 2 aliphatic heterocycles. The van der Waals surface area contributed by atoms with Gasteiger partial charge >= 0.3 is 0 Å². The molecule has 80 valence electrons. The van der Waals surface area contributed by atoms with Crippen LogP contribution in [0, 0.1) is 0 Å². The van der Waals surface area contributed by atoms with Crippen LogP contribution in [0.1, 0.15) is 0 Å². The average molecular weight is 225 g/mol. The molecule has 2 aliphatic rings.